The molecule has 0 spiro atoms. The summed E-state index contributed by atoms with van der Waals surface area (Å²) in [6.45, 7) is 0. The predicted octanol–water partition coefficient (Wildman–Crippen LogP) is 22.9. The molecule has 0 N–H and O–H groups in total. The highest BCUT2D eigenvalue weighted by Crippen LogP contribution is 2.54. The highest BCUT2D eigenvalue weighted by Gasteiger charge is 2.36. The van der Waals surface area contributed by atoms with Gasteiger partial charge in [-0.1, -0.05) is 249 Å². The molecule has 14 aromatic carbocycles. The zero-order valence-corrected chi connectivity index (χ0v) is 50.8. The van der Waals surface area contributed by atoms with Crippen molar-refractivity contribution >= 4 is 119 Å². The molecule has 7 heteroatoms. The largest absolute Gasteiger partial charge is 0.306 e. The summed E-state index contributed by atoms with van der Waals surface area (Å²) in [7, 11) is 0. The zero-order chi connectivity index (χ0) is 61.4. The van der Waals surface area contributed by atoms with Crippen molar-refractivity contribution in [2.75, 3.05) is 0 Å². The highest BCUT2D eigenvalue weighted by molar-refractivity contribution is 7.26. The van der Waals surface area contributed by atoms with Crippen LogP contribution in [0, 0.1) is 22.7 Å². The van der Waals surface area contributed by atoms with E-state index in [0.29, 0.717) is 33.9 Å². The van der Waals surface area contributed by atoms with Crippen LogP contribution in [0.3, 0.4) is 0 Å². The summed E-state index contributed by atoms with van der Waals surface area (Å²) >= 11 is 1.79. The summed E-state index contributed by atoms with van der Waals surface area (Å²) in [6.07, 6.45) is 0. The Morgan fingerprint density at radius 2 is 0.602 bits per heavy atom. The Hall–Kier alpha value is -12.5. The summed E-state index contributed by atoms with van der Waals surface area (Å²) in [5.74, 6) is 0. The molecule has 19 rings (SSSR count). The molecule has 0 aliphatic heterocycles. The van der Waals surface area contributed by atoms with Crippen LogP contribution >= 0.6 is 11.3 Å². The van der Waals surface area contributed by atoms with E-state index in [4.69, 9.17) is 0 Å². The maximum absolute atomic E-state index is 13.0. The Kier molecular flexibility index (Phi) is 11.6. The van der Waals surface area contributed by atoms with Gasteiger partial charge in [-0.05, 0) is 99.1 Å². The van der Waals surface area contributed by atoms with Gasteiger partial charge >= 0.3 is 0 Å². The van der Waals surface area contributed by atoms with E-state index in [0.717, 1.165) is 152 Å². The monoisotopic (exact) mass is 1200 g/mol. The van der Waals surface area contributed by atoms with Gasteiger partial charge in [-0.3, -0.25) is 0 Å². The van der Waals surface area contributed by atoms with E-state index in [1.807, 2.05) is 0 Å². The van der Waals surface area contributed by atoms with E-state index >= 15 is 0 Å². The van der Waals surface area contributed by atoms with E-state index in [1.54, 1.807) is 11.3 Å². The first-order chi connectivity index (χ1) is 46.1. The summed E-state index contributed by atoms with van der Waals surface area (Å²) in [5, 5.41) is 36.6. The van der Waals surface area contributed by atoms with Crippen molar-refractivity contribution in [2.24, 2.45) is 0 Å². The van der Waals surface area contributed by atoms with Gasteiger partial charge in [0, 0.05) is 58.6 Å². The van der Waals surface area contributed by atoms with Crippen LogP contribution < -0.4 is 0 Å². The zero-order valence-electron chi connectivity index (χ0n) is 50.0. The Labute approximate surface area is 538 Å². The number of para-hydroxylation sites is 6. The number of aromatic nitrogens is 4. The van der Waals surface area contributed by atoms with Crippen molar-refractivity contribution in [3.05, 3.63) is 314 Å². The molecule has 5 heterocycles. The van der Waals surface area contributed by atoms with Gasteiger partial charge in [0.1, 0.15) is 23.3 Å². The molecule has 0 aliphatic carbocycles. The minimum atomic E-state index is 0.350. The summed E-state index contributed by atoms with van der Waals surface area (Å²) in [4.78, 5) is 0. The van der Waals surface area contributed by atoms with Crippen molar-refractivity contribution in [3.63, 3.8) is 0 Å². The van der Waals surface area contributed by atoms with Crippen LogP contribution in [0.25, 0.3) is 175 Å². The third-order valence-corrected chi connectivity index (χ3v) is 20.4. The number of hydrogen-bond donors (Lipinski definition) is 0. The average Bonchev–Trinajstić information content (AvgIpc) is 1.56. The van der Waals surface area contributed by atoms with E-state index in [2.05, 4.69) is 334 Å². The normalized spacial score (nSPS) is 11.8. The lowest BCUT2D eigenvalue weighted by Crippen LogP contribution is -2.17. The molecule has 0 amide bonds. The topological polar surface area (TPSA) is 67.3 Å². The number of nitrogens with zero attached hydrogens (tertiary/aromatic N) is 6. The first-order valence-electron chi connectivity index (χ1n) is 31.4. The van der Waals surface area contributed by atoms with Crippen molar-refractivity contribution in [1.82, 2.24) is 18.3 Å². The molecule has 0 saturated heterocycles. The van der Waals surface area contributed by atoms with E-state index < -0.39 is 0 Å². The molecule has 430 valence electrons. The molecule has 5 aromatic heterocycles. The smallest absolute Gasteiger partial charge is 0.104 e. The van der Waals surface area contributed by atoms with Crippen LogP contribution in [0.4, 0.5) is 0 Å². The second-order valence-corrected chi connectivity index (χ2v) is 25.0. The lowest BCUT2D eigenvalue weighted by molar-refractivity contribution is 1.02. The fourth-order valence-electron chi connectivity index (χ4n) is 15.5. The Morgan fingerprint density at radius 1 is 0.247 bits per heavy atom. The molecule has 19 aromatic rings. The molecule has 6 nitrogen and oxygen atoms in total. The number of nitriles is 2. The number of benzene rings is 14. The lowest BCUT2D eigenvalue weighted by atomic mass is 9.88. The number of thiophene rings is 1. The van der Waals surface area contributed by atoms with Crippen molar-refractivity contribution in [3.8, 4) is 79.4 Å². The SMILES string of the molecule is N#Cc1c(-n2c3ccccc3c3ccccc32)c(C#N)c(-n2c3ccccc3c3ccccc32)c(-n2c3cc(-c4ccccc4-c4ccccc4)cc(-c4ccccc4-c4ccccc4)c3c3ccc4c5ccccc5sc4c32)c1-n1c2ccccc2c2ccccc21. The molecular weight excluding hydrogens is 1150 g/mol. The molecule has 0 unspecified atom stereocenters. The lowest BCUT2D eigenvalue weighted by Gasteiger charge is -2.27. The Balaban J connectivity index is 1.14. The average molecular weight is 1200 g/mol. The summed E-state index contributed by atoms with van der Waals surface area (Å²) < 4.78 is 11.6. The van der Waals surface area contributed by atoms with Gasteiger partial charge in [-0.25, -0.2) is 0 Å². The second kappa shape index (κ2) is 20.5. The van der Waals surface area contributed by atoms with Crippen molar-refractivity contribution < 1.29 is 0 Å². The predicted molar refractivity (Wildman–Crippen MR) is 388 cm³/mol. The van der Waals surface area contributed by atoms with Gasteiger partial charge < -0.3 is 18.3 Å². The third kappa shape index (κ3) is 7.54. The van der Waals surface area contributed by atoms with Gasteiger partial charge in [0.05, 0.1) is 71.6 Å². The van der Waals surface area contributed by atoms with Crippen molar-refractivity contribution in [2.45, 2.75) is 0 Å². The number of hydrogen-bond acceptors (Lipinski definition) is 3. The molecular formula is C86H50N6S. The fourth-order valence-corrected chi connectivity index (χ4v) is 16.7. The van der Waals surface area contributed by atoms with Gasteiger partial charge in [0.15, 0.2) is 0 Å². The van der Waals surface area contributed by atoms with E-state index in [1.165, 1.54) is 0 Å². The number of rotatable bonds is 8. The van der Waals surface area contributed by atoms with Gasteiger partial charge in [-0.2, -0.15) is 10.5 Å². The molecule has 0 aliphatic rings. The van der Waals surface area contributed by atoms with E-state index in [-0.39, 0.29) is 0 Å². The summed E-state index contributed by atoms with van der Waals surface area (Å²) in [6, 6.07) is 114. The maximum Gasteiger partial charge on any atom is 0.104 e. The minimum absolute atomic E-state index is 0.350. The van der Waals surface area contributed by atoms with Gasteiger partial charge in [0.2, 0.25) is 0 Å². The summed E-state index contributed by atoms with van der Waals surface area (Å²) in [5.41, 5.74) is 19.1. The van der Waals surface area contributed by atoms with Crippen LogP contribution in [0.5, 0.6) is 0 Å². The third-order valence-electron chi connectivity index (χ3n) is 19.3. The molecule has 0 saturated carbocycles. The Bertz CT molecular complexity index is 6140. The molecule has 93 heavy (non-hydrogen) atoms. The molecule has 0 atom stereocenters. The quantitative estimate of drug-likeness (QED) is 0.152. The number of fused-ring (bicyclic) bond motifs is 16. The van der Waals surface area contributed by atoms with Crippen LogP contribution in [0.1, 0.15) is 11.1 Å². The second-order valence-electron chi connectivity index (χ2n) is 24.0. The van der Waals surface area contributed by atoms with Crippen LogP contribution in [0.15, 0.2) is 303 Å². The van der Waals surface area contributed by atoms with Crippen LogP contribution in [0.2, 0.25) is 0 Å². The first kappa shape index (κ1) is 52.4. The van der Waals surface area contributed by atoms with Gasteiger partial charge in [0.25, 0.3) is 0 Å². The minimum Gasteiger partial charge on any atom is -0.306 e. The molecule has 0 radical (unpaired) electrons. The maximum atomic E-state index is 13.0. The standard InChI is InChI=1S/C86H50N6S/c87-51-70-81(89-72-40-18-11-33-60(72)61-34-12-19-41-73(61)89)71(52-88)83(91-76-44-22-15-37-64(76)65-38-16-23-45-77(65)91)85(82(70)90-74-42-20-13-35-62(74)63-36-14-21-43-75(63)90)92-78-50-55(58-31-8-7-29-56(58)53-25-3-1-4-26-53)49-69(59-32-10-9-30-57(59)54-27-5-2-6-28-54)80(78)68-48-47-67-66-39-17-24-46-79(66)93-86(67)84(68)92/h1-50H. The molecule has 0 fully saturated rings. The highest BCUT2D eigenvalue weighted by atomic mass is 32.1. The van der Waals surface area contributed by atoms with E-state index in [9.17, 15) is 10.5 Å². The van der Waals surface area contributed by atoms with Gasteiger partial charge in [-0.15, -0.1) is 11.3 Å². The molecule has 0 bridgehead atoms. The fraction of sp³-hybridized carbons (Fsp3) is 0. The Morgan fingerprint density at radius 3 is 1.05 bits per heavy atom. The van der Waals surface area contributed by atoms with Crippen molar-refractivity contribution in [1.29, 1.82) is 10.5 Å². The van der Waals surface area contributed by atoms with Crippen LogP contribution in [-0.4, -0.2) is 18.3 Å². The van der Waals surface area contributed by atoms with Crippen LogP contribution in [-0.2, 0) is 0 Å². The first-order valence-corrected chi connectivity index (χ1v) is 32.2.